The van der Waals surface area contributed by atoms with Crippen LogP contribution in [0.3, 0.4) is 0 Å². The predicted molar refractivity (Wildman–Crippen MR) is 123 cm³/mol. The van der Waals surface area contributed by atoms with Gasteiger partial charge in [-0.15, -0.1) is 0 Å². The molecule has 6 heteroatoms. The molecule has 0 bridgehead atoms. The van der Waals surface area contributed by atoms with Gasteiger partial charge in [-0.05, 0) is 66.0 Å². The van der Waals surface area contributed by atoms with Crippen LogP contribution in [0.25, 0.3) is 0 Å². The molecule has 1 fully saturated rings. The molecule has 0 aliphatic carbocycles. The highest BCUT2D eigenvalue weighted by Gasteiger charge is 2.63. The maximum absolute atomic E-state index is 12.2. The van der Waals surface area contributed by atoms with Gasteiger partial charge in [0, 0.05) is 34.8 Å². The van der Waals surface area contributed by atoms with Gasteiger partial charge in [0.25, 0.3) is 5.69 Å². The number of benzene rings is 2. The molecular formula is C25H33N3O3. The number of nitro benzene ring substituents is 1. The van der Waals surface area contributed by atoms with Gasteiger partial charge < -0.3 is 10.0 Å². The van der Waals surface area contributed by atoms with Gasteiger partial charge in [0.05, 0.1) is 10.6 Å². The highest BCUT2D eigenvalue weighted by Crippen LogP contribution is 2.57. The normalized spacial score (nSPS) is 26.1. The average molecular weight is 424 g/mol. The van der Waals surface area contributed by atoms with Crippen molar-refractivity contribution in [1.82, 2.24) is 4.90 Å². The zero-order valence-corrected chi connectivity index (χ0v) is 19.3. The van der Waals surface area contributed by atoms with E-state index in [9.17, 15) is 15.2 Å². The second kappa shape index (κ2) is 7.04. The Balaban J connectivity index is 1.87. The molecule has 2 aromatic rings. The minimum absolute atomic E-state index is 0.0553. The van der Waals surface area contributed by atoms with Gasteiger partial charge in [-0.1, -0.05) is 30.3 Å². The maximum atomic E-state index is 12.2. The number of nitro groups is 1. The van der Waals surface area contributed by atoms with Gasteiger partial charge in [0.1, 0.15) is 11.8 Å². The van der Waals surface area contributed by atoms with Crippen LogP contribution in [0.1, 0.15) is 59.1 Å². The fourth-order valence-corrected chi connectivity index (χ4v) is 5.61. The summed E-state index contributed by atoms with van der Waals surface area (Å²) in [4.78, 5) is 15.7. The number of aliphatic hydroxyl groups is 1. The van der Waals surface area contributed by atoms with E-state index in [-0.39, 0.29) is 33.9 Å². The van der Waals surface area contributed by atoms with Crippen molar-refractivity contribution in [1.29, 1.82) is 0 Å². The van der Waals surface area contributed by atoms with Crippen LogP contribution in [0.5, 0.6) is 0 Å². The second-order valence-corrected chi connectivity index (χ2v) is 10.9. The van der Waals surface area contributed by atoms with Crippen LogP contribution in [0.4, 0.5) is 11.4 Å². The lowest BCUT2D eigenvalue weighted by Crippen LogP contribution is -2.62. The van der Waals surface area contributed by atoms with Crippen LogP contribution in [0, 0.1) is 10.1 Å². The van der Waals surface area contributed by atoms with Crippen molar-refractivity contribution >= 4 is 11.4 Å². The fraction of sp³-hybridized carbons (Fsp3) is 0.520. The Labute approximate surface area is 184 Å². The summed E-state index contributed by atoms with van der Waals surface area (Å²) in [5.74, 6) is 0. The number of rotatable bonds is 3. The third kappa shape index (κ3) is 3.52. The Bertz CT molecular complexity index is 993. The minimum atomic E-state index is -1.09. The van der Waals surface area contributed by atoms with Crippen molar-refractivity contribution in [3.05, 3.63) is 69.8 Å². The van der Waals surface area contributed by atoms with Crippen molar-refractivity contribution in [3.63, 3.8) is 0 Å². The molecule has 31 heavy (non-hydrogen) atoms. The van der Waals surface area contributed by atoms with Crippen LogP contribution in [-0.4, -0.2) is 38.2 Å². The van der Waals surface area contributed by atoms with E-state index in [0.29, 0.717) is 6.42 Å². The molecule has 1 saturated heterocycles. The Hall–Kier alpha value is -2.44. The van der Waals surface area contributed by atoms with Gasteiger partial charge in [0.15, 0.2) is 0 Å². The summed E-state index contributed by atoms with van der Waals surface area (Å²) in [6.45, 7) is 12.9. The van der Waals surface area contributed by atoms with Crippen molar-refractivity contribution in [2.24, 2.45) is 0 Å². The molecule has 0 spiro atoms. The van der Waals surface area contributed by atoms with E-state index in [1.807, 2.05) is 6.07 Å². The molecular weight excluding hydrogens is 390 g/mol. The maximum Gasteiger partial charge on any atom is 0.271 e. The summed E-state index contributed by atoms with van der Waals surface area (Å²) in [7, 11) is 0. The number of anilines is 1. The first-order valence-corrected chi connectivity index (χ1v) is 11.0. The zero-order valence-electron chi connectivity index (χ0n) is 19.3. The van der Waals surface area contributed by atoms with Gasteiger partial charge >= 0.3 is 0 Å². The Morgan fingerprint density at radius 1 is 1.06 bits per heavy atom. The van der Waals surface area contributed by atoms with Crippen LogP contribution in [-0.2, 0) is 12.0 Å². The average Bonchev–Trinajstić information content (AvgIpc) is 3.07. The first kappa shape index (κ1) is 21.8. The standard InChI is InChI=1S/C25H33N3O3/c1-23(2,3)26-19(14-17-10-8-7-9-11-17)16-25(29)20-13-12-18(28(30)31)15-21(20)27(22(25)26)24(4,5)6/h7-13,15,19,22,29H,14,16H2,1-6H3. The van der Waals surface area contributed by atoms with Gasteiger partial charge in [-0.2, -0.15) is 0 Å². The predicted octanol–water partition coefficient (Wildman–Crippen LogP) is 4.84. The quantitative estimate of drug-likeness (QED) is 0.565. The topological polar surface area (TPSA) is 69.8 Å². The molecule has 4 rings (SSSR count). The number of hydrogen-bond acceptors (Lipinski definition) is 5. The van der Waals surface area contributed by atoms with Crippen LogP contribution in [0.2, 0.25) is 0 Å². The molecule has 0 radical (unpaired) electrons. The number of fused-ring (bicyclic) bond motifs is 3. The molecule has 0 amide bonds. The summed E-state index contributed by atoms with van der Waals surface area (Å²) < 4.78 is 0. The fourth-order valence-electron chi connectivity index (χ4n) is 5.61. The number of non-ortho nitro benzene ring substituents is 1. The van der Waals surface area contributed by atoms with Crippen LogP contribution >= 0.6 is 0 Å². The molecule has 0 saturated carbocycles. The molecule has 6 nitrogen and oxygen atoms in total. The van der Waals surface area contributed by atoms with Crippen LogP contribution < -0.4 is 4.90 Å². The monoisotopic (exact) mass is 423 g/mol. The third-order valence-corrected chi connectivity index (χ3v) is 6.60. The Kier molecular flexibility index (Phi) is 4.94. The molecule has 2 aliphatic rings. The van der Waals surface area contributed by atoms with Crippen molar-refractivity contribution in [3.8, 4) is 0 Å². The smallest absolute Gasteiger partial charge is 0.271 e. The zero-order chi connectivity index (χ0) is 22.8. The third-order valence-electron chi connectivity index (χ3n) is 6.60. The molecule has 2 aliphatic heterocycles. The largest absolute Gasteiger partial charge is 0.381 e. The Morgan fingerprint density at radius 3 is 2.26 bits per heavy atom. The molecule has 1 N–H and O–H groups in total. The summed E-state index contributed by atoms with van der Waals surface area (Å²) in [5.41, 5.74) is 1.24. The lowest BCUT2D eigenvalue weighted by molar-refractivity contribution is -0.384. The lowest BCUT2D eigenvalue weighted by atomic mass is 9.89. The number of nitrogens with zero attached hydrogens (tertiary/aromatic N) is 3. The SMILES string of the molecule is CC(C)(C)N1c2cc([N+](=O)[O-])ccc2C2(O)CC(Cc3ccccc3)N(C(C)(C)C)C12. The summed E-state index contributed by atoms with van der Waals surface area (Å²) in [5, 5.41) is 23.7. The molecule has 3 unspecified atom stereocenters. The minimum Gasteiger partial charge on any atom is -0.381 e. The second-order valence-electron chi connectivity index (χ2n) is 10.9. The van der Waals surface area contributed by atoms with E-state index < -0.39 is 5.60 Å². The van der Waals surface area contributed by atoms with E-state index >= 15 is 0 Å². The summed E-state index contributed by atoms with van der Waals surface area (Å²) >= 11 is 0. The van der Waals surface area contributed by atoms with E-state index in [2.05, 4.69) is 75.6 Å². The highest BCUT2D eigenvalue weighted by atomic mass is 16.6. The van der Waals surface area contributed by atoms with Gasteiger partial charge in [0.2, 0.25) is 0 Å². The number of likely N-dealkylation sites (tertiary alicyclic amines) is 1. The van der Waals surface area contributed by atoms with E-state index in [0.717, 1.165) is 17.7 Å². The highest BCUT2D eigenvalue weighted by molar-refractivity contribution is 5.69. The van der Waals surface area contributed by atoms with Gasteiger partial charge in [-0.3, -0.25) is 15.0 Å². The van der Waals surface area contributed by atoms with Gasteiger partial charge in [-0.25, -0.2) is 0 Å². The first-order chi connectivity index (χ1) is 14.3. The van der Waals surface area contributed by atoms with E-state index in [1.54, 1.807) is 12.1 Å². The van der Waals surface area contributed by atoms with E-state index in [4.69, 9.17) is 0 Å². The van der Waals surface area contributed by atoms with Crippen molar-refractivity contribution < 1.29 is 10.0 Å². The molecule has 0 aromatic heterocycles. The molecule has 166 valence electrons. The van der Waals surface area contributed by atoms with Crippen LogP contribution in [0.15, 0.2) is 48.5 Å². The van der Waals surface area contributed by atoms with Crippen molar-refractivity contribution in [2.45, 2.75) is 83.3 Å². The van der Waals surface area contributed by atoms with Crippen molar-refractivity contribution in [2.75, 3.05) is 4.90 Å². The lowest BCUT2D eigenvalue weighted by Gasteiger charge is -2.49. The van der Waals surface area contributed by atoms with E-state index in [1.165, 1.54) is 11.6 Å². The Morgan fingerprint density at radius 2 is 1.71 bits per heavy atom. The number of hydrogen-bond donors (Lipinski definition) is 1. The molecule has 3 atom stereocenters. The molecule has 2 aromatic carbocycles. The molecule has 2 heterocycles. The summed E-state index contributed by atoms with van der Waals surface area (Å²) in [6.07, 6.45) is 1.14. The first-order valence-electron chi connectivity index (χ1n) is 11.0. The summed E-state index contributed by atoms with van der Waals surface area (Å²) in [6, 6.07) is 15.5.